The van der Waals surface area contributed by atoms with Crippen molar-refractivity contribution < 1.29 is 5.11 Å². The highest BCUT2D eigenvalue weighted by molar-refractivity contribution is 4.31. The molecule has 2 nitrogen and oxygen atoms in total. The number of nitrogens with two attached hydrogens (primary N) is 1. The molecule has 2 heteroatoms. The Hall–Kier alpha value is -0.0800. The number of rotatable bonds is 1. The highest BCUT2D eigenvalue weighted by Gasteiger charge is 1.81. The Bertz CT molecular complexity index is 20.9. The first kappa shape index (κ1) is 4.92. The van der Waals surface area contributed by atoms with Crippen LogP contribution >= 0.6 is 0 Å². The molecule has 0 fully saturated rings. The summed E-state index contributed by atoms with van der Waals surface area (Å²) >= 11 is 0. The van der Waals surface area contributed by atoms with E-state index in [2.05, 4.69) is 0 Å². The summed E-state index contributed by atoms with van der Waals surface area (Å²) in [5, 5.41) is 8.14. The standard InChI is InChI=1S/C3H9NO/c1-2-3(4)5/h3,5H,2,4H2,1H3/t3-/m1/s1. The fourth-order valence-corrected chi connectivity index (χ4v) is 0. The molecule has 0 spiro atoms. The molecule has 0 saturated carbocycles. The molecule has 5 heavy (non-hydrogen) atoms. The van der Waals surface area contributed by atoms with Crippen molar-refractivity contribution in [3.8, 4) is 0 Å². The molecule has 0 bridgehead atoms. The SMILES string of the molecule is CC[C@H](N)O. The lowest BCUT2D eigenvalue weighted by atomic mass is 10.5. The van der Waals surface area contributed by atoms with Gasteiger partial charge in [-0.1, -0.05) is 6.92 Å². The monoisotopic (exact) mass is 75.1 g/mol. The van der Waals surface area contributed by atoms with Crippen LogP contribution in [0.3, 0.4) is 0 Å². The van der Waals surface area contributed by atoms with Gasteiger partial charge in [0.15, 0.2) is 0 Å². The Morgan fingerprint density at radius 3 is 2.20 bits per heavy atom. The van der Waals surface area contributed by atoms with Crippen molar-refractivity contribution in [2.45, 2.75) is 19.6 Å². The molecule has 0 unspecified atom stereocenters. The van der Waals surface area contributed by atoms with E-state index in [9.17, 15) is 0 Å². The van der Waals surface area contributed by atoms with Gasteiger partial charge >= 0.3 is 0 Å². The van der Waals surface area contributed by atoms with Crippen molar-refractivity contribution >= 4 is 0 Å². The number of hydrogen-bond acceptors (Lipinski definition) is 2. The number of aliphatic hydroxyl groups is 1. The lowest BCUT2D eigenvalue weighted by molar-refractivity contribution is 0.178. The summed E-state index contributed by atoms with van der Waals surface area (Å²) in [7, 11) is 0. The van der Waals surface area contributed by atoms with Crippen LogP contribution in [0.15, 0.2) is 0 Å². The van der Waals surface area contributed by atoms with Gasteiger partial charge in [-0.2, -0.15) is 0 Å². The second kappa shape index (κ2) is 2.18. The summed E-state index contributed by atoms with van der Waals surface area (Å²) in [4.78, 5) is 0. The molecule has 32 valence electrons. The molecule has 0 saturated heterocycles. The maximum Gasteiger partial charge on any atom is 0.102 e. The predicted molar refractivity (Wildman–Crippen MR) is 20.5 cm³/mol. The molecular formula is C3H9NO. The van der Waals surface area contributed by atoms with E-state index in [0.717, 1.165) is 0 Å². The quantitative estimate of drug-likeness (QED) is 0.419. The van der Waals surface area contributed by atoms with Gasteiger partial charge in [-0.3, -0.25) is 0 Å². The van der Waals surface area contributed by atoms with Crippen molar-refractivity contribution in [1.82, 2.24) is 0 Å². The molecular weight excluding hydrogens is 66.0 g/mol. The molecule has 0 aromatic carbocycles. The summed E-state index contributed by atoms with van der Waals surface area (Å²) in [6, 6.07) is 0. The first-order valence-electron chi connectivity index (χ1n) is 1.71. The topological polar surface area (TPSA) is 46.2 Å². The third-order valence-corrected chi connectivity index (χ3v) is 0.418. The molecule has 0 rings (SSSR count). The molecule has 0 radical (unpaired) electrons. The third-order valence-electron chi connectivity index (χ3n) is 0.418. The average molecular weight is 75.1 g/mol. The van der Waals surface area contributed by atoms with Gasteiger partial charge in [0.1, 0.15) is 6.23 Å². The molecule has 0 aliphatic rings. The van der Waals surface area contributed by atoms with Crippen molar-refractivity contribution in [3.05, 3.63) is 0 Å². The Morgan fingerprint density at radius 2 is 2.20 bits per heavy atom. The molecule has 1 atom stereocenters. The van der Waals surface area contributed by atoms with Gasteiger partial charge in [-0.15, -0.1) is 0 Å². The highest BCUT2D eigenvalue weighted by Crippen LogP contribution is 1.72. The lowest BCUT2D eigenvalue weighted by Crippen LogP contribution is -2.16. The minimum Gasteiger partial charge on any atom is -0.379 e. The van der Waals surface area contributed by atoms with Gasteiger partial charge < -0.3 is 10.8 Å². The zero-order chi connectivity index (χ0) is 4.28. The Morgan fingerprint density at radius 1 is 2.00 bits per heavy atom. The molecule has 0 aromatic rings. The van der Waals surface area contributed by atoms with Crippen molar-refractivity contribution in [3.63, 3.8) is 0 Å². The van der Waals surface area contributed by atoms with Crippen LogP contribution in [0.2, 0.25) is 0 Å². The van der Waals surface area contributed by atoms with Crippen LogP contribution in [0.4, 0.5) is 0 Å². The normalized spacial score (nSPS) is 15.0. The van der Waals surface area contributed by atoms with Gasteiger partial charge in [0, 0.05) is 0 Å². The summed E-state index contributed by atoms with van der Waals surface area (Å²) in [6.45, 7) is 1.82. The smallest absolute Gasteiger partial charge is 0.102 e. The summed E-state index contributed by atoms with van der Waals surface area (Å²) in [5.74, 6) is 0. The first-order valence-corrected chi connectivity index (χ1v) is 1.71. The summed E-state index contributed by atoms with van der Waals surface area (Å²) < 4.78 is 0. The fraction of sp³-hybridized carbons (Fsp3) is 1.00. The van der Waals surface area contributed by atoms with Crippen LogP contribution in [-0.4, -0.2) is 11.3 Å². The lowest BCUT2D eigenvalue weighted by Gasteiger charge is -1.91. The van der Waals surface area contributed by atoms with Crippen LogP contribution in [0, 0.1) is 0 Å². The highest BCUT2D eigenvalue weighted by atomic mass is 16.3. The maximum absolute atomic E-state index is 8.14. The minimum atomic E-state index is -0.616. The van der Waals surface area contributed by atoms with Crippen LogP contribution in [0.5, 0.6) is 0 Å². The van der Waals surface area contributed by atoms with Gasteiger partial charge in [-0.05, 0) is 6.42 Å². The van der Waals surface area contributed by atoms with Crippen LogP contribution in [-0.2, 0) is 0 Å². The van der Waals surface area contributed by atoms with Crippen LogP contribution in [0.25, 0.3) is 0 Å². The van der Waals surface area contributed by atoms with E-state index in [0.29, 0.717) is 6.42 Å². The molecule has 0 amide bonds. The predicted octanol–water partition coefficient (Wildman–Crippen LogP) is -0.327. The van der Waals surface area contributed by atoms with Crippen molar-refractivity contribution in [2.75, 3.05) is 0 Å². The van der Waals surface area contributed by atoms with Gasteiger partial charge in [0.05, 0.1) is 0 Å². The van der Waals surface area contributed by atoms with Crippen LogP contribution in [0.1, 0.15) is 13.3 Å². The molecule has 0 aliphatic carbocycles. The van der Waals surface area contributed by atoms with E-state index in [4.69, 9.17) is 10.8 Å². The van der Waals surface area contributed by atoms with Crippen LogP contribution < -0.4 is 5.73 Å². The molecule has 0 heterocycles. The Labute approximate surface area is 31.6 Å². The van der Waals surface area contributed by atoms with E-state index in [1.807, 2.05) is 6.92 Å². The summed E-state index contributed by atoms with van der Waals surface area (Å²) in [5.41, 5.74) is 4.85. The largest absolute Gasteiger partial charge is 0.379 e. The van der Waals surface area contributed by atoms with E-state index in [-0.39, 0.29) is 0 Å². The third kappa shape index (κ3) is 3.92. The molecule has 0 aliphatic heterocycles. The van der Waals surface area contributed by atoms with Crippen molar-refractivity contribution in [2.24, 2.45) is 5.73 Å². The van der Waals surface area contributed by atoms with E-state index >= 15 is 0 Å². The van der Waals surface area contributed by atoms with E-state index in [1.54, 1.807) is 0 Å². The second-order valence-electron chi connectivity index (χ2n) is 0.976. The number of hydrogen-bond donors (Lipinski definition) is 2. The van der Waals surface area contributed by atoms with E-state index in [1.165, 1.54) is 0 Å². The second-order valence-corrected chi connectivity index (χ2v) is 0.976. The summed E-state index contributed by atoms with van der Waals surface area (Å²) in [6.07, 6.45) is 0.0231. The zero-order valence-electron chi connectivity index (χ0n) is 3.31. The van der Waals surface area contributed by atoms with Crippen molar-refractivity contribution in [1.29, 1.82) is 0 Å². The average Bonchev–Trinajstić information content (AvgIpc) is 1.38. The molecule has 3 N–H and O–H groups in total. The molecule has 0 aromatic heterocycles. The fourth-order valence-electron chi connectivity index (χ4n) is 0. The Balaban J connectivity index is 2.54. The van der Waals surface area contributed by atoms with Gasteiger partial charge in [-0.25, -0.2) is 0 Å². The van der Waals surface area contributed by atoms with E-state index < -0.39 is 6.23 Å². The first-order chi connectivity index (χ1) is 2.27. The minimum absolute atomic E-state index is 0.616. The van der Waals surface area contributed by atoms with Gasteiger partial charge in [0.25, 0.3) is 0 Å². The Kier molecular flexibility index (Phi) is 2.14. The number of aliphatic hydroxyl groups excluding tert-OH is 1. The maximum atomic E-state index is 8.14. The zero-order valence-corrected chi connectivity index (χ0v) is 3.31. The van der Waals surface area contributed by atoms with Gasteiger partial charge in [0.2, 0.25) is 0 Å².